The third-order valence-electron chi connectivity index (χ3n) is 7.04. The van der Waals surface area contributed by atoms with Crippen molar-refractivity contribution in [1.82, 2.24) is 10.2 Å². The average molecular weight is 570 g/mol. The monoisotopic (exact) mass is 569 g/mol. The second-order valence-corrected chi connectivity index (χ2v) is 12.1. The van der Waals surface area contributed by atoms with Crippen molar-refractivity contribution < 1.29 is 22.7 Å². The molecule has 1 unspecified atom stereocenters. The van der Waals surface area contributed by atoms with Gasteiger partial charge >= 0.3 is 0 Å². The van der Waals surface area contributed by atoms with E-state index in [0.717, 1.165) is 25.2 Å². The van der Waals surface area contributed by atoms with Crippen molar-refractivity contribution in [2.24, 2.45) is 0 Å². The molecule has 0 bridgehead atoms. The number of carbonyl (C=O) groups excluding carboxylic acids is 1. The number of hydrogen-bond donors (Lipinski definition) is 1. The lowest BCUT2D eigenvalue weighted by Gasteiger charge is -2.35. The second-order valence-electron chi connectivity index (χ2n) is 9.80. The predicted octanol–water partition coefficient (Wildman–Crippen LogP) is 4.61. The number of ether oxygens (including phenoxy) is 2. The molecule has 0 saturated carbocycles. The van der Waals surface area contributed by atoms with Gasteiger partial charge < -0.3 is 14.8 Å². The van der Waals surface area contributed by atoms with Crippen LogP contribution in [-0.4, -0.2) is 52.1 Å². The van der Waals surface area contributed by atoms with Gasteiger partial charge in [-0.25, -0.2) is 8.42 Å². The van der Waals surface area contributed by atoms with Crippen molar-refractivity contribution in [2.75, 3.05) is 31.0 Å². The number of sulfonamides is 1. The van der Waals surface area contributed by atoms with E-state index in [4.69, 9.17) is 21.1 Å². The van der Waals surface area contributed by atoms with Crippen molar-refractivity contribution >= 4 is 33.2 Å². The number of amides is 1. The zero-order chi connectivity index (χ0) is 27.4. The number of nitrogens with one attached hydrogen (secondary N) is 1. The van der Waals surface area contributed by atoms with E-state index in [0.29, 0.717) is 17.3 Å². The molecule has 5 rings (SSSR count). The predicted molar refractivity (Wildman–Crippen MR) is 151 cm³/mol. The smallest absolute Gasteiger partial charge is 0.264 e. The Hall–Kier alpha value is -3.27. The number of benzene rings is 3. The van der Waals surface area contributed by atoms with Crippen molar-refractivity contribution in [2.45, 2.75) is 43.4 Å². The Morgan fingerprint density at radius 2 is 1.77 bits per heavy atom. The van der Waals surface area contributed by atoms with Gasteiger partial charge in [0.25, 0.3) is 15.9 Å². The fraction of sp³-hybridized carbons (Fsp3) is 0.345. The summed E-state index contributed by atoms with van der Waals surface area (Å²) in [5, 5.41) is 3.29. The van der Waals surface area contributed by atoms with Crippen LogP contribution in [-0.2, 0) is 27.9 Å². The number of carbonyl (C=O) groups is 1. The Morgan fingerprint density at radius 1 is 1.03 bits per heavy atom. The van der Waals surface area contributed by atoms with Gasteiger partial charge in [-0.3, -0.25) is 14.0 Å². The molecule has 0 radical (unpaired) electrons. The van der Waals surface area contributed by atoms with Crippen molar-refractivity contribution in [3.8, 4) is 11.5 Å². The maximum absolute atomic E-state index is 13.7. The molecule has 3 aromatic rings. The lowest BCUT2D eigenvalue weighted by Crippen LogP contribution is -2.50. The molecule has 1 atom stereocenters. The molecule has 206 valence electrons. The molecule has 10 heteroatoms. The molecule has 2 aliphatic rings. The molecule has 0 spiro atoms. The normalized spacial score (nSPS) is 17.7. The van der Waals surface area contributed by atoms with E-state index in [1.54, 1.807) is 24.3 Å². The minimum absolute atomic E-state index is 0.0702. The quantitative estimate of drug-likeness (QED) is 0.426. The number of hydrogen-bond acceptors (Lipinski definition) is 6. The van der Waals surface area contributed by atoms with Crippen LogP contribution in [0.5, 0.6) is 11.5 Å². The van der Waals surface area contributed by atoms with E-state index in [2.05, 4.69) is 22.3 Å². The second kappa shape index (κ2) is 11.9. The summed E-state index contributed by atoms with van der Waals surface area (Å²) >= 11 is 6.19. The van der Waals surface area contributed by atoms with E-state index in [1.165, 1.54) is 54.4 Å². The van der Waals surface area contributed by atoms with Crippen LogP contribution in [0.25, 0.3) is 0 Å². The summed E-state index contributed by atoms with van der Waals surface area (Å²) in [5.41, 5.74) is 2.47. The van der Waals surface area contributed by atoms with Crippen LogP contribution in [0.3, 0.4) is 0 Å². The first-order valence-corrected chi connectivity index (χ1v) is 14.9. The van der Waals surface area contributed by atoms with Crippen LogP contribution in [0.1, 0.15) is 30.4 Å². The average Bonchev–Trinajstić information content (AvgIpc) is 2.96. The van der Waals surface area contributed by atoms with Gasteiger partial charge in [-0.05, 0) is 79.5 Å². The topological polar surface area (TPSA) is 88.2 Å². The molecule has 0 aromatic heterocycles. The summed E-state index contributed by atoms with van der Waals surface area (Å²) in [6.07, 6.45) is 2.72. The Morgan fingerprint density at radius 3 is 2.51 bits per heavy atom. The van der Waals surface area contributed by atoms with Crippen LogP contribution < -0.4 is 19.1 Å². The number of likely N-dealkylation sites (tertiary alicyclic amines) is 1. The van der Waals surface area contributed by atoms with Gasteiger partial charge in [-0.1, -0.05) is 42.3 Å². The highest BCUT2D eigenvalue weighted by Gasteiger charge is 2.37. The van der Waals surface area contributed by atoms with Crippen molar-refractivity contribution in [3.63, 3.8) is 0 Å². The van der Waals surface area contributed by atoms with Gasteiger partial charge in [0.15, 0.2) is 6.10 Å². The van der Waals surface area contributed by atoms with E-state index in [1.807, 2.05) is 12.1 Å². The summed E-state index contributed by atoms with van der Waals surface area (Å²) in [5.74, 6) is 0.412. The molecular weight excluding hydrogens is 538 g/mol. The summed E-state index contributed by atoms with van der Waals surface area (Å²) in [6, 6.07) is 19.0. The number of methoxy groups -OCH3 is 1. The molecule has 1 fully saturated rings. The van der Waals surface area contributed by atoms with Crippen LogP contribution in [0.2, 0.25) is 5.02 Å². The molecule has 3 aromatic carbocycles. The van der Waals surface area contributed by atoms with E-state index < -0.39 is 22.0 Å². The maximum atomic E-state index is 13.7. The zero-order valence-electron chi connectivity index (χ0n) is 21.8. The van der Waals surface area contributed by atoms with Gasteiger partial charge in [-0.2, -0.15) is 0 Å². The Balaban J connectivity index is 1.31. The van der Waals surface area contributed by atoms with E-state index in [-0.39, 0.29) is 22.9 Å². The Labute approximate surface area is 234 Å². The summed E-state index contributed by atoms with van der Waals surface area (Å²) in [4.78, 5) is 15.8. The fourth-order valence-corrected chi connectivity index (χ4v) is 6.61. The molecule has 2 heterocycles. The van der Waals surface area contributed by atoms with E-state index >= 15 is 0 Å². The van der Waals surface area contributed by atoms with Crippen LogP contribution in [0.15, 0.2) is 71.6 Å². The number of piperidine rings is 1. The standard InChI is InChI=1S/C29H32ClN3O5S/c1-37-24-9-11-25(12-10-24)39(35,36)33-20-28(38-27-13-8-23(30)17-26(27)33)29(34)31-18-21-6-5-7-22(16-21)19-32-14-3-2-4-15-32/h5-13,16-17,28H,2-4,14-15,18-20H2,1H3,(H,31,34). The molecule has 1 amide bonds. The van der Waals surface area contributed by atoms with Crippen molar-refractivity contribution in [3.05, 3.63) is 82.9 Å². The number of fused-ring (bicyclic) bond motifs is 1. The number of anilines is 1. The Kier molecular flexibility index (Phi) is 8.30. The highest BCUT2D eigenvalue weighted by Crippen LogP contribution is 2.39. The van der Waals surface area contributed by atoms with Gasteiger partial charge in [0.05, 0.1) is 24.2 Å². The Bertz CT molecular complexity index is 1430. The molecule has 39 heavy (non-hydrogen) atoms. The maximum Gasteiger partial charge on any atom is 0.264 e. The largest absolute Gasteiger partial charge is 0.497 e. The molecule has 1 saturated heterocycles. The summed E-state index contributed by atoms with van der Waals surface area (Å²) in [6.45, 7) is 3.24. The van der Waals surface area contributed by atoms with Gasteiger partial charge in [0.2, 0.25) is 0 Å². The molecule has 2 aliphatic heterocycles. The first-order valence-electron chi connectivity index (χ1n) is 13.0. The fourth-order valence-electron chi connectivity index (χ4n) is 4.98. The van der Waals surface area contributed by atoms with Crippen LogP contribution in [0.4, 0.5) is 5.69 Å². The lowest BCUT2D eigenvalue weighted by molar-refractivity contribution is -0.127. The minimum atomic E-state index is -4.02. The highest BCUT2D eigenvalue weighted by molar-refractivity contribution is 7.92. The summed E-state index contributed by atoms with van der Waals surface area (Å²) < 4.78 is 39.6. The van der Waals surface area contributed by atoms with Gasteiger partial charge in [-0.15, -0.1) is 0 Å². The van der Waals surface area contributed by atoms with E-state index in [9.17, 15) is 13.2 Å². The number of nitrogens with zero attached hydrogens (tertiary/aromatic N) is 2. The highest BCUT2D eigenvalue weighted by atomic mass is 35.5. The van der Waals surface area contributed by atoms with Crippen molar-refractivity contribution in [1.29, 1.82) is 0 Å². The lowest BCUT2D eigenvalue weighted by atomic mass is 10.1. The molecule has 1 N–H and O–H groups in total. The van der Waals surface area contributed by atoms with Crippen LogP contribution >= 0.6 is 11.6 Å². The third kappa shape index (κ3) is 6.32. The summed E-state index contributed by atoms with van der Waals surface area (Å²) in [7, 11) is -2.50. The SMILES string of the molecule is COc1ccc(S(=O)(=O)N2CC(C(=O)NCc3cccc(CN4CCCCC4)c3)Oc3ccc(Cl)cc32)cc1. The minimum Gasteiger partial charge on any atom is -0.497 e. The molecule has 0 aliphatic carbocycles. The first kappa shape index (κ1) is 27.3. The molecule has 8 nitrogen and oxygen atoms in total. The van der Waals surface area contributed by atoms with Gasteiger partial charge in [0, 0.05) is 18.1 Å². The van der Waals surface area contributed by atoms with Crippen LogP contribution in [0, 0.1) is 0 Å². The number of rotatable bonds is 8. The number of halogens is 1. The zero-order valence-corrected chi connectivity index (χ0v) is 23.4. The first-order chi connectivity index (χ1) is 18.8. The molecular formula is C29H32ClN3O5S. The third-order valence-corrected chi connectivity index (χ3v) is 9.07. The van der Waals surface area contributed by atoms with Gasteiger partial charge in [0.1, 0.15) is 11.5 Å².